The Labute approximate surface area is 127 Å². The zero-order valence-corrected chi connectivity index (χ0v) is 14.6. The fraction of sp³-hybridized carbons (Fsp3) is 0.250. The molecule has 0 aliphatic carbocycles. The lowest BCUT2D eigenvalue weighted by Crippen LogP contribution is -1.83. The molecule has 0 saturated carbocycles. The molecule has 0 N–H and O–H groups in total. The normalized spacial score (nSPS) is 11.2. The molecule has 0 aromatic heterocycles. The summed E-state index contributed by atoms with van der Waals surface area (Å²) >= 11 is 9.68. The predicted molar refractivity (Wildman–Crippen MR) is 88.0 cm³/mol. The van der Waals surface area contributed by atoms with E-state index in [4.69, 9.17) is 0 Å². The summed E-state index contributed by atoms with van der Waals surface area (Å²) < 4.78 is 1.16. The van der Waals surface area contributed by atoms with Gasteiger partial charge in [0.2, 0.25) is 0 Å². The molecular weight excluding hydrogens is 604 g/mol. The van der Waals surface area contributed by atoms with Gasteiger partial charge in [-0.15, -0.1) is 0 Å². The monoisotopic (exact) mass is 610 g/mol. The van der Waals surface area contributed by atoms with Crippen molar-refractivity contribution >= 4 is 90.4 Å². The van der Waals surface area contributed by atoms with Crippen LogP contribution in [0.1, 0.15) is 15.0 Å². The van der Waals surface area contributed by atoms with Crippen LogP contribution < -0.4 is 0 Å². The number of halogens is 4. The first-order chi connectivity index (χ1) is 5.61. The zero-order valence-electron chi connectivity index (χ0n) is 5.98. The Morgan fingerprint density at radius 2 is 0.917 bits per heavy atom. The van der Waals surface area contributed by atoms with Crippen molar-refractivity contribution in [2.75, 3.05) is 0 Å². The number of rotatable bonds is 2. The third-order valence-electron chi connectivity index (χ3n) is 1.44. The van der Waals surface area contributed by atoms with Gasteiger partial charge in [-0.3, -0.25) is 0 Å². The van der Waals surface area contributed by atoms with Crippen molar-refractivity contribution in [3.05, 3.63) is 35.4 Å². The van der Waals surface area contributed by atoms with Gasteiger partial charge in [-0.1, -0.05) is 115 Å². The highest BCUT2D eigenvalue weighted by Crippen LogP contribution is 2.34. The zero-order chi connectivity index (χ0) is 9.14. The second-order valence-corrected chi connectivity index (χ2v) is 12.0. The summed E-state index contributed by atoms with van der Waals surface area (Å²) in [6.45, 7) is 0. The van der Waals surface area contributed by atoms with Crippen LogP contribution in [-0.2, 0) is 0 Å². The van der Waals surface area contributed by atoms with Crippen molar-refractivity contribution in [3.8, 4) is 0 Å². The molecule has 0 unspecified atom stereocenters. The molecule has 0 aliphatic heterocycles. The van der Waals surface area contributed by atoms with Crippen LogP contribution in [0.15, 0.2) is 24.3 Å². The van der Waals surface area contributed by atoms with Gasteiger partial charge in [-0.25, -0.2) is 0 Å². The summed E-state index contributed by atoms with van der Waals surface area (Å²) in [5.74, 6) is 0. The van der Waals surface area contributed by atoms with Gasteiger partial charge in [-0.2, -0.15) is 0 Å². The van der Waals surface area contributed by atoms with E-state index in [9.17, 15) is 0 Å². The highest BCUT2D eigenvalue weighted by atomic mass is 127. The molecule has 0 bridgehead atoms. The van der Waals surface area contributed by atoms with Gasteiger partial charge in [0.15, 0.2) is 0 Å². The van der Waals surface area contributed by atoms with E-state index in [0.29, 0.717) is 3.86 Å². The summed E-state index contributed by atoms with van der Waals surface area (Å²) in [6, 6.07) is 8.85. The summed E-state index contributed by atoms with van der Waals surface area (Å²) in [4.78, 5) is 0. The van der Waals surface area contributed by atoms with Crippen LogP contribution in [0.2, 0.25) is 0 Å². The molecule has 12 heavy (non-hydrogen) atoms. The smallest absolute Gasteiger partial charge is 0.0657 e. The molecule has 0 saturated heterocycles. The third-order valence-corrected chi connectivity index (χ3v) is 4.32. The molecular formula is C8H6I4. The predicted octanol–water partition coefficient (Wildman–Crippen LogP) is 5.42. The van der Waals surface area contributed by atoms with Gasteiger partial charge in [0.05, 0.1) is 3.86 Å². The van der Waals surface area contributed by atoms with Gasteiger partial charge in [0, 0.05) is 0 Å². The van der Waals surface area contributed by atoms with Crippen LogP contribution in [0.25, 0.3) is 0 Å². The molecule has 0 heterocycles. The molecule has 66 valence electrons. The fourth-order valence-electron chi connectivity index (χ4n) is 0.787. The SMILES string of the molecule is IC(I)c1ccc(C(I)I)cc1. The van der Waals surface area contributed by atoms with Crippen LogP contribution in [0.4, 0.5) is 0 Å². The molecule has 1 rings (SSSR count). The largest absolute Gasteiger partial charge is 0.0874 e. The first kappa shape index (κ1) is 12.2. The lowest BCUT2D eigenvalue weighted by molar-refractivity contribution is 1.39. The van der Waals surface area contributed by atoms with Crippen LogP contribution in [0, 0.1) is 0 Å². The number of hydrogen-bond donors (Lipinski definition) is 0. The van der Waals surface area contributed by atoms with E-state index in [1.54, 1.807) is 0 Å². The van der Waals surface area contributed by atoms with Gasteiger partial charge < -0.3 is 0 Å². The van der Waals surface area contributed by atoms with Crippen molar-refractivity contribution in [3.63, 3.8) is 0 Å². The van der Waals surface area contributed by atoms with Crippen molar-refractivity contribution in [2.45, 2.75) is 3.86 Å². The average molecular weight is 610 g/mol. The van der Waals surface area contributed by atoms with Crippen LogP contribution >= 0.6 is 90.4 Å². The van der Waals surface area contributed by atoms with E-state index in [0.717, 1.165) is 0 Å². The highest BCUT2D eigenvalue weighted by Gasteiger charge is 2.04. The Hall–Kier alpha value is 2.14. The van der Waals surface area contributed by atoms with Crippen LogP contribution in [0.5, 0.6) is 0 Å². The average Bonchev–Trinajstić information content (AvgIpc) is 2.04. The molecule has 0 amide bonds. The Kier molecular flexibility index (Phi) is 5.99. The van der Waals surface area contributed by atoms with E-state index in [1.807, 2.05) is 0 Å². The summed E-state index contributed by atoms with van der Waals surface area (Å²) in [7, 11) is 0. The maximum Gasteiger partial charge on any atom is 0.0874 e. The molecule has 0 aliphatic rings. The molecule has 4 heteroatoms. The van der Waals surface area contributed by atoms with E-state index in [2.05, 4.69) is 115 Å². The Balaban J connectivity index is 2.86. The van der Waals surface area contributed by atoms with Crippen LogP contribution in [0.3, 0.4) is 0 Å². The Bertz CT molecular complexity index is 213. The second kappa shape index (κ2) is 5.89. The van der Waals surface area contributed by atoms with E-state index >= 15 is 0 Å². The maximum atomic E-state index is 2.42. The summed E-state index contributed by atoms with van der Waals surface area (Å²) in [5.41, 5.74) is 2.79. The van der Waals surface area contributed by atoms with Crippen LogP contribution in [-0.4, -0.2) is 0 Å². The number of alkyl halides is 4. The van der Waals surface area contributed by atoms with Gasteiger partial charge in [0.1, 0.15) is 0 Å². The van der Waals surface area contributed by atoms with Gasteiger partial charge in [-0.05, 0) is 11.1 Å². The summed E-state index contributed by atoms with van der Waals surface area (Å²) in [5, 5.41) is 0. The minimum absolute atomic E-state index is 0.580. The lowest BCUT2D eigenvalue weighted by Gasteiger charge is -2.05. The lowest BCUT2D eigenvalue weighted by atomic mass is 10.2. The van der Waals surface area contributed by atoms with E-state index < -0.39 is 0 Å². The maximum absolute atomic E-state index is 2.42. The minimum atomic E-state index is 0.580. The molecule has 0 radical (unpaired) electrons. The number of benzene rings is 1. The van der Waals surface area contributed by atoms with Gasteiger partial charge in [0.25, 0.3) is 0 Å². The van der Waals surface area contributed by atoms with E-state index in [-0.39, 0.29) is 0 Å². The Morgan fingerprint density at radius 3 is 1.08 bits per heavy atom. The van der Waals surface area contributed by atoms with Crippen molar-refractivity contribution in [1.82, 2.24) is 0 Å². The molecule has 0 atom stereocenters. The number of hydrogen-bond acceptors (Lipinski definition) is 0. The van der Waals surface area contributed by atoms with Crippen molar-refractivity contribution in [1.29, 1.82) is 0 Å². The highest BCUT2D eigenvalue weighted by molar-refractivity contribution is 14.2. The van der Waals surface area contributed by atoms with Crippen molar-refractivity contribution < 1.29 is 0 Å². The Morgan fingerprint density at radius 1 is 0.667 bits per heavy atom. The van der Waals surface area contributed by atoms with E-state index in [1.165, 1.54) is 11.1 Å². The fourth-order valence-corrected chi connectivity index (χ4v) is 2.45. The molecule has 1 aromatic rings. The minimum Gasteiger partial charge on any atom is -0.0657 e. The second-order valence-electron chi connectivity index (χ2n) is 2.27. The molecule has 0 nitrogen and oxygen atoms in total. The molecule has 1 aromatic carbocycles. The molecule has 0 spiro atoms. The van der Waals surface area contributed by atoms with Crippen molar-refractivity contribution in [2.24, 2.45) is 0 Å². The standard InChI is InChI=1S/C8H6I4/c9-7(10)5-1-2-6(4-3-5)8(11)12/h1-4,7-8H. The topological polar surface area (TPSA) is 0 Å². The quantitative estimate of drug-likeness (QED) is 0.310. The first-order valence-electron chi connectivity index (χ1n) is 3.27. The van der Waals surface area contributed by atoms with Gasteiger partial charge >= 0.3 is 0 Å². The first-order valence-corrected chi connectivity index (χ1v) is 8.25. The summed E-state index contributed by atoms with van der Waals surface area (Å²) in [6.07, 6.45) is 0. The third kappa shape index (κ3) is 3.71. The molecule has 0 fully saturated rings.